The Morgan fingerprint density at radius 2 is 0.738 bits per heavy atom. The third-order valence-corrected chi connectivity index (χ3v) is 13.9. The molecule has 0 aliphatic heterocycles. The molecule has 4 N–H and O–H groups in total. The lowest BCUT2D eigenvalue weighted by Gasteiger charge is -2.20. The second-order valence-electron chi connectivity index (χ2n) is 19.6. The van der Waals surface area contributed by atoms with Gasteiger partial charge in [0.15, 0.2) is 0 Å². The van der Waals surface area contributed by atoms with E-state index in [1.165, 1.54) is 12.1 Å². The first kappa shape index (κ1) is 57.8. The van der Waals surface area contributed by atoms with Crippen molar-refractivity contribution in [2.75, 3.05) is 37.3 Å². The quantitative estimate of drug-likeness (QED) is 0.0212. The molecule has 0 aromatic heterocycles. The third-order valence-electron chi connectivity index (χ3n) is 13.9. The molecule has 22 heteroatoms. The number of benzene rings is 8. The maximum Gasteiger partial charge on any atom is 0.301 e. The molecule has 428 valence electrons. The number of ether oxygens (including phenoxy) is 4. The smallest absolute Gasteiger partial charge is 0.301 e. The van der Waals surface area contributed by atoms with Crippen molar-refractivity contribution < 1.29 is 48.9 Å². The molecule has 8 aromatic carbocycles. The number of rotatable bonds is 22. The number of phenolic OH excluding ortho intramolecular Hbond substituents is 2. The molecule has 1 aliphatic rings. The number of para-hydroxylation sites is 4. The fourth-order valence-electron chi connectivity index (χ4n) is 9.49. The maximum atomic E-state index is 11.9. The van der Waals surface area contributed by atoms with Crippen LogP contribution >= 0.6 is 0 Å². The van der Waals surface area contributed by atoms with Crippen LogP contribution in [-0.4, -0.2) is 67.8 Å². The molecule has 1 aliphatic carbocycles. The van der Waals surface area contributed by atoms with Crippen LogP contribution in [-0.2, 0) is 25.7 Å². The Morgan fingerprint density at radius 3 is 1.05 bits per heavy atom. The van der Waals surface area contributed by atoms with Crippen LogP contribution in [0, 0.1) is 40.5 Å². The first-order valence-electron chi connectivity index (χ1n) is 26.6. The summed E-state index contributed by atoms with van der Waals surface area (Å²) in [5.74, 6) is 2.83. The summed E-state index contributed by atoms with van der Waals surface area (Å²) in [5.41, 5.74) is 12.2. The van der Waals surface area contributed by atoms with Crippen molar-refractivity contribution >= 4 is 45.5 Å². The lowest BCUT2D eigenvalue weighted by Crippen LogP contribution is -2.10. The Hall–Kier alpha value is -10.9. The van der Waals surface area contributed by atoms with E-state index in [0.717, 1.165) is 46.5 Å². The number of nitro groups is 4. The highest BCUT2D eigenvalue weighted by Crippen LogP contribution is 2.39. The molecule has 0 heterocycles. The van der Waals surface area contributed by atoms with Gasteiger partial charge in [-0.25, -0.2) is 0 Å². The zero-order chi connectivity index (χ0) is 59.3. The minimum absolute atomic E-state index is 0.00728. The van der Waals surface area contributed by atoms with Crippen LogP contribution in [0.4, 0.5) is 34.1 Å². The van der Waals surface area contributed by atoms with Crippen LogP contribution in [0.2, 0.25) is 0 Å². The number of anilines is 2. The second-order valence-corrected chi connectivity index (χ2v) is 19.6. The topological polar surface area (TPSA) is 299 Å². The largest absolute Gasteiger partial charge is 0.507 e. The Morgan fingerprint density at radius 1 is 0.429 bits per heavy atom. The van der Waals surface area contributed by atoms with Crippen LogP contribution in [0.1, 0.15) is 82.3 Å². The fourth-order valence-corrected chi connectivity index (χ4v) is 9.49. The van der Waals surface area contributed by atoms with Gasteiger partial charge in [0.05, 0.1) is 69.7 Å². The molecule has 0 amide bonds. The number of nitrogens with zero attached hydrogens (tertiary/aromatic N) is 6. The Bertz CT molecular complexity index is 3500. The van der Waals surface area contributed by atoms with Gasteiger partial charge in [0, 0.05) is 50.7 Å². The van der Waals surface area contributed by atoms with Crippen molar-refractivity contribution in [2.24, 2.45) is 10.2 Å². The monoisotopic (exact) mass is 1140 g/mol. The highest BCUT2D eigenvalue weighted by atomic mass is 16.6. The molecule has 0 unspecified atom stereocenters. The number of hydrazone groups is 2. The second kappa shape index (κ2) is 26.6. The summed E-state index contributed by atoms with van der Waals surface area (Å²) in [5, 5.41) is 77.8. The average Bonchev–Trinajstić information content (AvgIpc) is 3.18. The zero-order valence-electron chi connectivity index (χ0n) is 45.6. The van der Waals surface area contributed by atoms with E-state index in [0.29, 0.717) is 133 Å². The lowest BCUT2D eigenvalue weighted by atomic mass is 9.91. The third kappa shape index (κ3) is 14.2. The molecule has 0 saturated heterocycles. The SMILES string of the molecule is C/C(=N\Nc1ccc([N+](=O)[O-])cc1[N+](=O)[O-])c1ccc(OCCCOc2c3cccc2Cc2cccc(c2O)Cc2cccc(c2OCCCOc2ccc(/C(C)=N/Nc4ccc([N+](=O)[O-])cc4[N+](=O)[O-])cc2)Cc2cccc(c2O)C3)cc1. The molecule has 8 bridgehead atoms. The molecular weight excluding hydrogens is 1080 g/mol. The van der Waals surface area contributed by atoms with Crippen molar-refractivity contribution in [3.8, 4) is 34.5 Å². The summed E-state index contributed by atoms with van der Waals surface area (Å²) >= 11 is 0. The molecular formula is C62H56N8O14. The summed E-state index contributed by atoms with van der Waals surface area (Å²) in [6.07, 6.45) is 2.46. The standard InChI is InChI=1S/C62H56N8O14/c1-39(63-65-55-27-21-51(67(73)74)37-57(55)69(77)78)41-17-23-53(24-18-41)81-29-7-31-83-61-47-13-5-14-48(61)34-44-10-4-12-46(60(44)72)36-50-16-6-15-49(35-45-11-3-9-43(33-47)59(45)71)62(50)84-32-8-30-82-54-25-19-42(20-26-54)40(2)64-66-56-28-22-52(68(75)76)38-58(56)70(79)80/h3-6,9-28,37-38,65-66,71-72H,7-8,29-36H2,1-2H3/b63-39+,64-40+. The first-order valence-corrected chi connectivity index (χ1v) is 26.6. The Kier molecular flexibility index (Phi) is 18.3. The summed E-state index contributed by atoms with van der Waals surface area (Å²) in [6, 6.07) is 44.1. The van der Waals surface area contributed by atoms with Gasteiger partial charge in [0.25, 0.3) is 11.4 Å². The van der Waals surface area contributed by atoms with Crippen LogP contribution < -0.4 is 29.8 Å². The maximum absolute atomic E-state index is 11.9. The Balaban J connectivity index is 0.837. The fraction of sp³-hybridized carbons (Fsp3) is 0.194. The average molecular weight is 1140 g/mol. The van der Waals surface area contributed by atoms with Crippen LogP contribution in [0.5, 0.6) is 34.5 Å². The minimum atomic E-state index is -0.715. The van der Waals surface area contributed by atoms with Gasteiger partial charge in [-0.2, -0.15) is 10.2 Å². The van der Waals surface area contributed by atoms with E-state index in [1.807, 2.05) is 72.8 Å². The lowest BCUT2D eigenvalue weighted by molar-refractivity contribution is -0.393. The predicted octanol–water partition coefficient (Wildman–Crippen LogP) is 12.8. The van der Waals surface area contributed by atoms with E-state index >= 15 is 0 Å². The van der Waals surface area contributed by atoms with Crippen molar-refractivity contribution in [1.82, 2.24) is 0 Å². The normalized spacial score (nSPS) is 12.2. The molecule has 9 rings (SSSR count). The number of phenols is 2. The molecule has 22 nitrogen and oxygen atoms in total. The van der Waals surface area contributed by atoms with Gasteiger partial charge < -0.3 is 29.2 Å². The number of fused-ring (bicyclic) bond motifs is 8. The number of nitro benzene ring substituents is 4. The first-order chi connectivity index (χ1) is 40.6. The predicted molar refractivity (Wildman–Crippen MR) is 316 cm³/mol. The van der Waals surface area contributed by atoms with E-state index in [9.17, 15) is 50.7 Å². The Labute approximate surface area is 480 Å². The van der Waals surface area contributed by atoms with Gasteiger partial charge in [-0.3, -0.25) is 51.3 Å². The van der Waals surface area contributed by atoms with Crippen molar-refractivity contribution in [3.63, 3.8) is 0 Å². The highest BCUT2D eigenvalue weighted by Gasteiger charge is 2.23. The van der Waals surface area contributed by atoms with Crippen molar-refractivity contribution in [1.29, 1.82) is 0 Å². The number of aromatic hydroxyl groups is 2. The van der Waals surface area contributed by atoms with E-state index in [1.54, 1.807) is 62.4 Å². The van der Waals surface area contributed by atoms with E-state index < -0.39 is 42.4 Å². The van der Waals surface area contributed by atoms with Crippen molar-refractivity contribution in [2.45, 2.75) is 52.4 Å². The van der Waals surface area contributed by atoms with Crippen molar-refractivity contribution in [3.05, 3.63) is 254 Å². The molecule has 0 spiro atoms. The molecule has 8 aromatic rings. The van der Waals surface area contributed by atoms with Gasteiger partial charge in [0.1, 0.15) is 45.9 Å². The number of non-ortho nitro benzene ring substituents is 2. The van der Waals surface area contributed by atoms with Gasteiger partial charge in [0.2, 0.25) is 0 Å². The van der Waals surface area contributed by atoms with Gasteiger partial charge in [-0.05, 0) is 130 Å². The van der Waals surface area contributed by atoms with Gasteiger partial charge >= 0.3 is 11.4 Å². The van der Waals surface area contributed by atoms with Crippen LogP contribution in [0.15, 0.2) is 168 Å². The summed E-state index contributed by atoms with van der Waals surface area (Å²) in [6.45, 7) is 4.67. The summed E-state index contributed by atoms with van der Waals surface area (Å²) in [7, 11) is 0. The molecule has 0 atom stereocenters. The zero-order valence-corrected chi connectivity index (χ0v) is 45.6. The van der Waals surface area contributed by atoms with E-state index in [2.05, 4.69) is 21.1 Å². The number of hydrogen-bond donors (Lipinski definition) is 4. The van der Waals surface area contributed by atoms with Gasteiger partial charge in [-0.15, -0.1) is 0 Å². The summed E-state index contributed by atoms with van der Waals surface area (Å²) < 4.78 is 25.4. The highest BCUT2D eigenvalue weighted by molar-refractivity contribution is 6.00. The van der Waals surface area contributed by atoms with Crippen LogP contribution in [0.3, 0.4) is 0 Å². The summed E-state index contributed by atoms with van der Waals surface area (Å²) in [4.78, 5) is 42.6. The minimum Gasteiger partial charge on any atom is -0.507 e. The molecule has 84 heavy (non-hydrogen) atoms. The van der Waals surface area contributed by atoms with E-state index in [4.69, 9.17) is 18.9 Å². The van der Waals surface area contributed by atoms with Crippen LogP contribution in [0.25, 0.3) is 0 Å². The molecule has 0 saturated carbocycles. The number of hydrogen-bond acceptors (Lipinski definition) is 18. The molecule has 0 fully saturated rings. The number of nitrogens with one attached hydrogen (secondary N) is 2. The molecule has 0 radical (unpaired) electrons. The van der Waals surface area contributed by atoms with Gasteiger partial charge in [-0.1, -0.05) is 72.8 Å². The van der Waals surface area contributed by atoms with E-state index in [-0.39, 0.29) is 22.9 Å².